The molecule has 0 aliphatic rings. The summed E-state index contributed by atoms with van der Waals surface area (Å²) in [5.74, 6) is 0.682. The van der Waals surface area contributed by atoms with Crippen molar-refractivity contribution in [3.8, 4) is 0 Å². The maximum Gasteiger partial charge on any atom is 0.193 e. The van der Waals surface area contributed by atoms with E-state index in [0.717, 1.165) is 21.8 Å². The van der Waals surface area contributed by atoms with Crippen molar-refractivity contribution in [3.05, 3.63) is 45.4 Å². The summed E-state index contributed by atoms with van der Waals surface area (Å²) < 4.78 is 25.8. The van der Waals surface area contributed by atoms with Gasteiger partial charge in [-0.05, 0) is 50.5 Å². The number of sulfone groups is 1. The summed E-state index contributed by atoms with van der Waals surface area (Å²) in [7, 11) is 0.237. The van der Waals surface area contributed by atoms with Crippen LogP contribution in [-0.4, -0.2) is 50.2 Å². The highest BCUT2D eigenvalue weighted by molar-refractivity contribution is 7.91. The van der Waals surface area contributed by atoms with Crippen molar-refractivity contribution >= 4 is 27.1 Å². The third-order valence-electron chi connectivity index (χ3n) is 4.72. The van der Waals surface area contributed by atoms with Crippen LogP contribution in [0.15, 0.2) is 33.5 Å². The Labute approximate surface area is 172 Å². The largest absolute Gasteiger partial charge is 0.352 e. The molecule has 6 nitrogen and oxygen atoms in total. The first-order valence-electron chi connectivity index (χ1n) is 9.31. The van der Waals surface area contributed by atoms with Crippen molar-refractivity contribution in [1.29, 1.82) is 0 Å². The van der Waals surface area contributed by atoms with Crippen molar-refractivity contribution in [2.45, 2.75) is 51.6 Å². The van der Waals surface area contributed by atoms with E-state index in [9.17, 15) is 8.42 Å². The quantitative estimate of drug-likeness (QED) is 0.547. The lowest BCUT2D eigenvalue weighted by Crippen LogP contribution is -2.46. The number of aromatic nitrogens is 1. The molecule has 2 rings (SSSR count). The number of guanidine groups is 1. The SMILES string of the molecule is CCC(CS(=O)(=O)c1ccc(C)c(C)c1)NC(=NC)N(C)Cc1csc(C)n1. The highest BCUT2D eigenvalue weighted by Crippen LogP contribution is 2.17. The Morgan fingerprint density at radius 1 is 1.29 bits per heavy atom. The molecule has 1 aromatic carbocycles. The van der Waals surface area contributed by atoms with E-state index in [-0.39, 0.29) is 11.8 Å². The van der Waals surface area contributed by atoms with Gasteiger partial charge in [0.05, 0.1) is 27.9 Å². The van der Waals surface area contributed by atoms with Crippen molar-refractivity contribution in [2.75, 3.05) is 19.8 Å². The molecule has 1 unspecified atom stereocenters. The zero-order valence-corrected chi connectivity index (χ0v) is 19.1. The molecule has 8 heteroatoms. The molecule has 154 valence electrons. The summed E-state index contributed by atoms with van der Waals surface area (Å²) >= 11 is 1.61. The Morgan fingerprint density at radius 3 is 2.54 bits per heavy atom. The fraction of sp³-hybridized carbons (Fsp3) is 0.500. The molecule has 0 radical (unpaired) electrons. The first-order valence-corrected chi connectivity index (χ1v) is 11.8. The maximum absolute atomic E-state index is 12.9. The van der Waals surface area contributed by atoms with E-state index in [1.165, 1.54) is 0 Å². The lowest BCUT2D eigenvalue weighted by molar-refractivity contribution is 0.455. The van der Waals surface area contributed by atoms with Crippen molar-refractivity contribution in [3.63, 3.8) is 0 Å². The Morgan fingerprint density at radius 2 is 2.00 bits per heavy atom. The van der Waals surface area contributed by atoms with Gasteiger partial charge in [0, 0.05) is 25.5 Å². The molecule has 1 aromatic heterocycles. The Balaban J connectivity index is 2.09. The van der Waals surface area contributed by atoms with E-state index >= 15 is 0 Å². The van der Waals surface area contributed by atoms with Crippen LogP contribution in [-0.2, 0) is 16.4 Å². The van der Waals surface area contributed by atoms with Crippen LogP contribution in [0.4, 0.5) is 0 Å². The molecule has 1 atom stereocenters. The zero-order valence-electron chi connectivity index (χ0n) is 17.5. The van der Waals surface area contributed by atoms with Crippen LogP contribution in [0.25, 0.3) is 0 Å². The van der Waals surface area contributed by atoms with Crippen molar-refractivity contribution in [2.24, 2.45) is 4.99 Å². The van der Waals surface area contributed by atoms with Gasteiger partial charge in [0.1, 0.15) is 0 Å². The van der Waals surface area contributed by atoms with Gasteiger partial charge in [0.2, 0.25) is 0 Å². The molecule has 1 heterocycles. The minimum absolute atomic E-state index is 0.0225. The Kier molecular flexibility index (Phi) is 7.60. The summed E-state index contributed by atoms with van der Waals surface area (Å²) in [4.78, 5) is 11.1. The van der Waals surface area contributed by atoms with Crippen LogP contribution in [0.5, 0.6) is 0 Å². The van der Waals surface area contributed by atoms with E-state index in [4.69, 9.17) is 0 Å². The molecule has 0 spiro atoms. The molecule has 0 bridgehead atoms. The van der Waals surface area contributed by atoms with Gasteiger partial charge in [-0.3, -0.25) is 4.99 Å². The molecular weight excluding hydrogens is 392 g/mol. The monoisotopic (exact) mass is 422 g/mol. The average molecular weight is 423 g/mol. The van der Waals surface area contributed by atoms with Gasteiger partial charge in [-0.2, -0.15) is 0 Å². The number of aryl methyl sites for hydroxylation is 3. The van der Waals surface area contributed by atoms with Gasteiger partial charge >= 0.3 is 0 Å². The molecular formula is C20H30N4O2S2. The lowest BCUT2D eigenvalue weighted by Gasteiger charge is -2.26. The van der Waals surface area contributed by atoms with Gasteiger partial charge < -0.3 is 10.2 Å². The van der Waals surface area contributed by atoms with Crippen LogP contribution in [0, 0.1) is 20.8 Å². The fourth-order valence-corrected chi connectivity index (χ4v) is 5.13. The number of benzene rings is 1. The molecule has 2 aromatic rings. The smallest absolute Gasteiger partial charge is 0.193 e. The number of aliphatic imine (C=N–C) groups is 1. The Bertz CT molecular complexity index is 935. The second-order valence-corrected chi connectivity index (χ2v) is 10.1. The van der Waals surface area contributed by atoms with Crippen LogP contribution in [0.3, 0.4) is 0 Å². The molecule has 28 heavy (non-hydrogen) atoms. The van der Waals surface area contributed by atoms with Gasteiger partial charge in [-0.1, -0.05) is 13.0 Å². The van der Waals surface area contributed by atoms with Gasteiger partial charge in [0.15, 0.2) is 15.8 Å². The van der Waals surface area contributed by atoms with Crippen LogP contribution < -0.4 is 5.32 Å². The summed E-state index contributed by atoms with van der Waals surface area (Å²) in [5, 5.41) is 6.36. The van der Waals surface area contributed by atoms with Gasteiger partial charge in [0.25, 0.3) is 0 Å². The summed E-state index contributed by atoms with van der Waals surface area (Å²) in [6, 6.07) is 5.07. The van der Waals surface area contributed by atoms with Crippen molar-refractivity contribution < 1.29 is 8.42 Å². The van der Waals surface area contributed by atoms with Crippen LogP contribution in [0.1, 0.15) is 35.2 Å². The zero-order chi connectivity index (χ0) is 20.9. The molecule has 0 saturated carbocycles. The van der Waals surface area contributed by atoms with Gasteiger partial charge in [-0.15, -0.1) is 11.3 Å². The molecule has 0 fully saturated rings. The number of thiazole rings is 1. The lowest BCUT2D eigenvalue weighted by atomic mass is 10.1. The third-order valence-corrected chi connectivity index (χ3v) is 7.36. The highest BCUT2D eigenvalue weighted by atomic mass is 32.2. The normalized spacial score (nSPS) is 13.4. The summed E-state index contributed by atoms with van der Waals surface area (Å²) in [6.45, 7) is 8.48. The molecule has 0 aliphatic heterocycles. The first kappa shape index (κ1) is 22.4. The number of nitrogens with one attached hydrogen (secondary N) is 1. The first-order chi connectivity index (χ1) is 13.2. The predicted molar refractivity (Wildman–Crippen MR) is 117 cm³/mol. The summed E-state index contributed by atoms with van der Waals surface area (Å²) in [6.07, 6.45) is 0.673. The van der Waals surface area contributed by atoms with E-state index < -0.39 is 9.84 Å². The van der Waals surface area contributed by atoms with Crippen LogP contribution >= 0.6 is 11.3 Å². The average Bonchev–Trinajstić information content (AvgIpc) is 3.05. The standard InChI is InChI=1S/C20H30N4O2S2/c1-7-17(13-28(25,26)19-9-8-14(2)15(3)10-19)23-20(21-5)24(6)11-18-12-27-16(4)22-18/h8-10,12,17H,7,11,13H2,1-6H3,(H,21,23). The predicted octanol–water partition coefficient (Wildman–Crippen LogP) is 3.33. The van der Waals surface area contributed by atoms with E-state index in [0.29, 0.717) is 23.8 Å². The highest BCUT2D eigenvalue weighted by Gasteiger charge is 2.22. The van der Waals surface area contributed by atoms with Crippen molar-refractivity contribution in [1.82, 2.24) is 15.2 Å². The molecule has 0 amide bonds. The molecule has 1 N–H and O–H groups in total. The molecule has 0 saturated heterocycles. The second-order valence-electron chi connectivity index (χ2n) is 7.04. The maximum atomic E-state index is 12.9. The Hall–Kier alpha value is -1.93. The topological polar surface area (TPSA) is 74.7 Å². The fourth-order valence-electron chi connectivity index (χ4n) is 2.86. The van der Waals surface area contributed by atoms with Gasteiger partial charge in [-0.25, -0.2) is 13.4 Å². The number of nitrogens with zero attached hydrogens (tertiary/aromatic N) is 3. The number of hydrogen-bond acceptors (Lipinski definition) is 5. The summed E-state index contributed by atoms with van der Waals surface area (Å²) in [5.41, 5.74) is 3.04. The van der Waals surface area contributed by atoms with E-state index in [1.807, 2.05) is 51.1 Å². The number of rotatable bonds is 7. The number of hydrogen-bond donors (Lipinski definition) is 1. The minimum atomic E-state index is -3.39. The van der Waals surface area contributed by atoms with E-state index in [1.54, 1.807) is 30.5 Å². The molecule has 0 aliphatic carbocycles. The third kappa shape index (κ3) is 5.78. The van der Waals surface area contributed by atoms with Crippen LogP contribution in [0.2, 0.25) is 0 Å². The van der Waals surface area contributed by atoms with E-state index in [2.05, 4.69) is 15.3 Å². The minimum Gasteiger partial charge on any atom is -0.352 e. The second kappa shape index (κ2) is 9.52.